The van der Waals surface area contributed by atoms with Gasteiger partial charge in [0.25, 0.3) is 0 Å². The smallest absolute Gasteiger partial charge is 0.227 e. The number of hydrogen-bond donors (Lipinski definition) is 1. The van der Waals surface area contributed by atoms with Crippen LogP contribution in [0.1, 0.15) is 33.3 Å². The Bertz CT molecular complexity index is 489. The summed E-state index contributed by atoms with van der Waals surface area (Å²) in [7, 11) is 0. The highest BCUT2D eigenvalue weighted by Gasteiger charge is 2.27. The van der Waals surface area contributed by atoms with E-state index in [1.54, 1.807) is 12.1 Å². The number of halogens is 2. The summed E-state index contributed by atoms with van der Waals surface area (Å²) in [6.07, 6.45) is 0. The van der Waals surface area contributed by atoms with Gasteiger partial charge in [-0.05, 0) is 37.5 Å². The molecule has 0 aliphatic rings. The molecule has 0 saturated heterocycles. The van der Waals surface area contributed by atoms with E-state index in [1.807, 2.05) is 38.7 Å². The van der Waals surface area contributed by atoms with E-state index in [0.29, 0.717) is 23.1 Å². The van der Waals surface area contributed by atoms with Crippen molar-refractivity contribution in [3.63, 3.8) is 0 Å². The summed E-state index contributed by atoms with van der Waals surface area (Å²) in [5, 5.41) is 1.02. The van der Waals surface area contributed by atoms with Gasteiger partial charge in [-0.15, -0.1) is 0 Å². The van der Waals surface area contributed by atoms with E-state index in [9.17, 15) is 4.79 Å². The number of amides is 1. The van der Waals surface area contributed by atoms with Crippen molar-refractivity contribution in [3.8, 4) is 0 Å². The van der Waals surface area contributed by atoms with Crippen LogP contribution in [0, 0.1) is 11.8 Å². The van der Waals surface area contributed by atoms with Crippen LogP contribution in [0.25, 0.3) is 0 Å². The molecular formula is C16H24Cl2N2O. The Balaban J connectivity index is 2.96. The van der Waals surface area contributed by atoms with Gasteiger partial charge >= 0.3 is 0 Å². The van der Waals surface area contributed by atoms with Gasteiger partial charge in [0.05, 0.1) is 16.0 Å². The molecule has 118 valence electrons. The van der Waals surface area contributed by atoms with Gasteiger partial charge < -0.3 is 10.6 Å². The normalized spacial score (nSPS) is 12.8. The Hall–Kier alpha value is -0.770. The van der Waals surface area contributed by atoms with Gasteiger partial charge in [0.1, 0.15) is 0 Å². The SMILES string of the molecule is CC(C)C(CN)C(=O)N(Cc1ccc(Cl)c(Cl)c1)C(C)C. The maximum atomic E-state index is 12.7. The zero-order valence-corrected chi connectivity index (χ0v) is 14.6. The highest BCUT2D eigenvalue weighted by Crippen LogP contribution is 2.24. The van der Waals surface area contributed by atoms with E-state index in [0.717, 1.165) is 5.56 Å². The van der Waals surface area contributed by atoms with Crippen LogP contribution in [0.4, 0.5) is 0 Å². The zero-order chi connectivity index (χ0) is 16.2. The van der Waals surface area contributed by atoms with Crippen LogP contribution >= 0.6 is 23.2 Å². The Morgan fingerprint density at radius 3 is 2.24 bits per heavy atom. The largest absolute Gasteiger partial charge is 0.336 e. The minimum atomic E-state index is -0.157. The molecule has 0 fully saturated rings. The van der Waals surface area contributed by atoms with Gasteiger partial charge in [-0.2, -0.15) is 0 Å². The van der Waals surface area contributed by atoms with Crippen molar-refractivity contribution in [1.82, 2.24) is 4.90 Å². The van der Waals surface area contributed by atoms with Crippen molar-refractivity contribution in [2.75, 3.05) is 6.54 Å². The predicted octanol–water partition coefficient (Wildman–Crippen LogP) is 3.96. The molecule has 0 aromatic heterocycles. The molecule has 0 aliphatic carbocycles. The van der Waals surface area contributed by atoms with E-state index in [2.05, 4.69) is 0 Å². The number of nitrogens with two attached hydrogens (primary N) is 1. The summed E-state index contributed by atoms with van der Waals surface area (Å²) in [6.45, 7) is 8.92. The lowest BCUT2D eigenvalue weighted by atomic mass is 9.93. The Morgan fingerprint density at radius 1 is 1.19 bits per heavy atom. The molecule has 0 radical (unpaired) electrons. The Labute approximate surface area is 137 Å². The molecule has 0 heterocycles. The van der Waals surface area contributed by atoms with Crippen molar-refractivity contribution < 1.29 is 4.79 Å². The maximum absolute atomic E-state index is 12.7. The molecule has 21 heavy (non-hydrogen) atoms. The molecule has 1 amide bonds. The van der Waals surface area contributed by atoms with Crippen LogP contribution in [0.5, 0.6) is 0 Å². The van der Waals surface area contributed by atoms with Gasteiger partial charge in [0.15, 0.2) is 0 Å². The Morgan fingerprint density at radius 2 is 1.81 bits per heavy atom. The molecule has 0 aliphatic heterocycles. The summed E-state index contributed by atoms with van der Waals surface area (Å²) in [6, 6.07) is 5.55. The van der Waals surface area contributed by atoms with Crippen LogP contribution in [-0.2, 0) is 11.3 Å². The topological polar surface area (TPSA) is 46.3 Å². The lowest BCUT2D eigenvalue weighted by Crippen LogP contribution is -2.44. The first-order chi connectivity index (χ1) is 9.77. The van der Waals surface area contributed by atoms with Crippen molar-refractivity contribution in [3.05, 3.63) is 33.8 Å². The second kappa shape index (κ2) is 8.02. The first kappa shape index (κ1) is 18.3. The number of benzene rings is 1. The third kappa shape index (κ3) is 4.87. The van der Waals surface area contributed by atoms with Crippen molar-refractivity contribution >= 4 is 29.1 Å². The van der Waals surface area contributed by atoms with Crippen LogP contribution in [0.3, 0.4) is 0 Å². The number of rotatable bonds is 6. The molecular weight excluding hydrogens is 307 g/mol. The molecule has 1 rings (SSSR count). The molecule has 1 atom stereocenters. The molecule has 1 aromatic rings. The summed E-state index contributed by atoms with van der Waals surface area (Å²) in [5.41, 5.74) is 6.73. The Kier molecular flexibility index (Phi) is 6.98. The van der Waals surface area contributed by atoms with E-state index >= 15 is 0 Å². The average molecular weight is 331 g/mol. The fourth-order valence-electron chi connectivity index (χ4n) is 2.22. The fourth-order valence-corrected chi connectivity index (χ4v) is 2.54. The summed E-state index contributed by atoms with van der Waals surface area (Å²) < 4.78 is 0. The summed E-state index contributed by atoms with van der Waals surface area (Å²) in [5.74, 6) is 0.154. The summed E-state index contributed by atoms with van der Waals surface area (Å²) in [4.78, 5) is 14.5. The van der Waals surface area contributed by atoms with E-state index in [-0.39, 0.29) is 23.8 Å². The molecule has 1 unspecified atom stereocenters. The van der Waals surface area contributed by atoms with Gasteiger partial charge in [-0.1, -0.05) is 43.1 Å². The molecule has 2 N–H and O–H groups in total. The molecule has 5 heteroatoms. The molecule has 3 nitrogen and oxygen atoms in total. The number of hydrogen-bond acceptors (Lipinski definition) is 2. The summed E-state index contributed by atoms with van der Waals surface area (Å²) >= 11 is 12.0. The number of nitrogens with zero attached hydrogens (tertiary/aromatic N) is 1. The van der Waals surface area contributed by atoms with Crippen LogP contribution in [0.2, 0.25) is 10.0 Å². The maximum Gasteiger partial charge on any atom is 0.227 e. The van der Waals surface area contributed by atoms with Crippen LogP contribution in [-0.4, -0.2) is 23.4 Å². The third-order valence-electron chi connectivity index (χ3n) is 3.62. The first-order valence-corrected chi connectivity index (χ1v) is 7.98. The molecule has 1 aromatic carbocycles. The molecule has 0 bridgehead atoms. The quantitative estimate of drug-likeness (QED) is 0.857. The second-order valence-electron chi connectivity index (χ2n) is 5.89. The van der Waals surface area contributed by atoms with Crippen LogP contribution in [0.15, 0.2) is 18.2 Å². The second-order valence-corrected chi connectivity index (χ2v) is 6.71. The van der Waals surface area contributed by atoms with Gasteiger partial charge in [0, 0.05) is 19.1 Å². The first-order valence-electron chi connectivity index (χ1n) is 7.22. The van der Waals surface area contributed by atoms with Crippen molar-refractivity contribution in [1.29, 1.82) is 0 Å². The van der Waals surface area contributed by atoms with Crippen molar-refractivity contribution in [2.45, 2.75) is 40.3 Å². The predicted molar refractivity (Wildman–Crippen MR) is 89.5 cm³/mol. The van der Waals surface area contributed by atoms with Crippen LogP contribution < -0.4 is 5.73 Å². The van der Waals surface area contributed by atoms with E-state index < -0.39 is 0 Å². The lowest BCUT2D eigenvalue weighted by Gasteiger charge is -2.32. The number of carbonyl (C=O) groups is 1. The van der Waals surface area contributed by atoms with Gasteiger partial charge in [-0.25, -0.2) is 0 Å². The van der Waals surface area contributed by atoms with E-state index in [1.165, 1.54) is 0 Å². The van der Waals surface area contributed by atoms with Gasteiger partial charge in [-0.3, -0.25) is 4.79 Å². The monoisotopic (exact) mass is 330 g/mol. The highest BCUT2D eigenvalue weighted by atomic mass is 35.5. The lowest BCUT2D eigenvalue weighted by molar-refractivity contribution is -0.139. The molecule has 0 spiro atoms. The minimum Gasteiger partial charge on any atom is -0.336 e. The highest BCUT2D eigenvalue weighted by molar-refractivity contribution is 6.42. The fraction of sp³-hybridized carbons (Fsp3) is 0.562. The molecule has 0 saturated carbocycles. The standard InChI is InChI=1S/C16H24Cl2N2O/c1-10(2)13(8-19)16(21)20(11(3)4)9-12-5-6-14(17)15(18)7-12/h5-7,10-11,13H,8-9,19H2,1-4H3. The minimum absolute atomic E-state index is 0.0913. The average Bonchev–Trinajstić information content (AvgIpc) is 2.39. The van der Waals surface area contributed by atoms with Crippen molar-refractivity contribution in [2.24, 2.45) is 17.6 Å². The van der Waals surface area contributed by atoms with E-state index in [4.69, 9.17) is 28.9 Å². The zero-order valence-electron chi connectivity index (χ0n) is 13.1. The van der Waals surface area contributed by atoms with Gasteiger partial charge in [0.2, 0.25) is 5.91 Å². The third-order valence-corrected chi connectivity index (χ3v) is 4.36. The number of carbonyl (C=O) groups excluding carboxylic acids is 1.